The SMILES string of the molecule is COc1cc(N=C2c3cc4c(cc3N(C)C3COC(=O)C23)OCO4)cc(OC)c1OC. The summed E-state index contributed by atoms with van der Waals surface area (Å²) in [6.07, 6.45) is 0. The summed E-state index contributed by atoms with van der Waals surface area (Å²) in [6, 6.07) is 7.11. The van der Waals surface area contributed by atoms with Gasteiger partial charge in [-0.2, -0.15) is 0 Å². The van der Waals surface area contributed by atoms with E-state index in [2.05, 4.69) is 0 Å². The lowest BCUT2D eigenvalue weighted by atomic mass is 9.85. The molecule has 3 aliphatic heterocycles. The predicted molar refractivity (Wildman–Crippen MR) is 112 cm³/mol. The second-order valence-corrected chi connectivity index (χ2v) is 7.39. The molecule has 3 heterocycles. The average molecular weight is 426 g/mol. The summed E-state index contributed by atoms with van der Waals surface area (Å²) in [6.45, 7) is 0.457. The van der Waals surface area contributed by atoms with E-state index in [9.17, 15) is 4.79 Å². The topological polar surface area (TPSA) is 88.1 Å². The van der Waals surface area contributed by atoms with Crippen molar-refractivity contribution in [1.82, 2.24) is 0 Å². The van der Waals surface area contributed by atoms with Crippen LogP contribution in [0.1, 0.15) is 5.56 Å². The molecule has 1 fully saturated rings. The fourth-order valence-electron chi connectivity index (χ4n) is 4.31. The average Bonchev–Trinajstić information content (AvgIpc) is 3.41. The van der Waals surface area contributed by atoms with Crippen LogP contribution in [-0.2, 0) is 9.53 Å². The number of hydrogen-bond acceptors (Lipinski definition) is 9. The third kappa shape index (κ3) is 2.91. The number of ether oxygens (including phenoxy) is 6. The van der Waals surface area contributed by atoms with Gasteiger partial charge in [-0.3, -0.25) is 9.79 Å². The molecule has 0 aromatic heterocycles. The Kier molecular flexibility index (Phi) is 4.53. The number of benzene rings is 2. The molecule has 9 nitrogen and oxygen atoms in total. The second-order valence-electron chi connectivity index (χ2n) is 7.39. The molecule has 0 radical (unpaired) electrons. The highest BCUT2D eigenvalue weighted by molar-refractivity contribution is 6.19. The molecule has 162 valence electrons. The first-order valence-electron chi connectivity index (χ1n) is 9.77. The van der Waals surface area contributed by atoms with Gasteiger partial charge in [0.1, 0.15) is 12.5 Å². The summed E-state index contributed by atoms with van der Waals surface area (Å²) in [5.74, 6) is 1.88. The van der Waals surface area contributed by atoms with Crippen LogP contribution < -0.4 is 28.6 Å². The minimum atomic E-state index is -0.531. The van der Waals surface area contributed by atoms with Crippen LogP contribution >= 0.6 is 0 Å². The molecule has 2 aromatic rings. The molecule has 2 unspecified atom stereocenters. The summed E-state index contributed by atoms with van der Waals surface area (Å²) < 4.78 is 32.8. The van der Waals surface area contributed by atoms with Crippen LogP contribution in [0.25, 0.3) is 0 Å². The molecule has 0 saturated carbocycles. The third-order valence-corrected chi connectivity index (χ3v) is 5.87. The van der Waals surface area contributed by atoms with Gasteiger partial charge in [0.2, 0.25) is 12.5 Å². The van der Waals surface area contributed by atoms with E-state index in [4.69, 9.17) is 33.4 Å². The van der Waals surface area contributed by atoms with Crippen molar-refractivity contribution in [1.29, 1.82) is 0 Å². The van der Waals surface area contributed by atoms with E-state index in [-0.39, 0.29) is 18.8 Å². The second kappa shape index (κ2) is 7.26. The maximum Gasteiger partial charge on any atom is 0.317 e. The van der Waals surface area contributed by atoms with Gasteiger partial charge in [-0.25, -0.2) is 0 Å². The first-order chi connectivity index (χ1) is 15.0. The first-order valence-corrected chi connectivity index (χ1v) is 9.77. The predicted octanol–water partition coefficient (Wildman–Crippen LogP) is 2.55. The number of rotatable bonds is 4. The molecule has 31 heavy (non-hydrogen) atoms. The summed E-state index contributed by atoms with van der Waals surface area (Å²) in [4.78, 5) is 19.6. The number of carbonyl (C=O) groups excluding carboxylic acids is 1. The van der Waals surface area contributed by atoms with Crippen molar-refractivity contribution in [3.05, 3.63) is 29.8 Å². The van der Waals surface area contributed by atoms with Crippen LogP contribution in [0.15, 0.2) is 29.3 Å². The number of carbonyl (C=O) groups is 1. The summed E-state index contributed by atoms with van der Waals surface area (Å²) >= 11 is 0. The molecule has 0 aliphatic carbocycles. The van der Waals surface area contributed by atoms with E-state index in [0.717, 1.165) is 11.3 Å². The number of hydrogen-bond donors (Lipinski definition) is 0. The Balaban J connectivity index is 1.71. The van der Waals surface area contributed by atoms with Gasteiger partial charge in [-0.05, 0) is 6.07 Å². The number of methoxy groups -OCH3 is 3. The molecular weight excluding hydrogens is 404 g/mol. The summed E-state index contributed by atoms with van der Waals surface area (Å²) in [5, 5.41) is 0. The Morgan fingerprint density at radius 3 is 2.29 bits per heavy atom. The highest BCUT2D eigenvalue weighted by Gasteiger charge is 2.48. The lowest BCUT2D eigenvalue weighted by Crippen LogP contribution is -2.46. The molecule has 0 spiro atoms. The number of esters is 1. The summed E-state index contributed by atoms with van der Waals surface area (Å²) in [5.41, 5.74) is 2.86. The van der Waals surface area contributed by atoms with Gasteiger partial charge in [0.05, 0.1) is 38.8 Å². The lowest BCUT2D eigenvalue weighted by molar-refractivity contribution is -0.139. The molecule has 2 aromatic carbocycles. The Hall–Kier alpha value is -3.62. The van der Waals surface area contributed by atoms with E-state index < -0.39 is 5.92 Å². The molecule has 0 amide bonds. The number of nitrogens with zero attached hydrogens (tertiary/aromatic N) is 2. The van der Waals surface area contributed by atoms with E-state index >= 15 is 0 Å². The maximum absolute atomic E-state index is 12.7. The molecular formula is C22H22N2O7. The van der Waals surface area contributed by atoms with Gasteiger partial charge >= 0.3 is 5.97 Å². The van der Waals surface area contributed by atoms with Crippen LogP contribution in [0.4, 0.5) is 11.4 Å². The molecule has 2 atom stereocenters. The molecule has 0 bridgehead atoms. The number of anilines is 1. The van der Waals surface area contributed by atoms with Gasteiger partial charge in [0.25, 0.3) is 0 Å². The van der Waals surface area contributed by atoms with Gasteiger partial charge in [0, 0.05) is 36.5 Å². The van der Waals surface area contributed by atoms with Gasteiger partial charge in [-0.15, -0.1) is 0 Å². The third-order valence-electron chi connectivity index (χ3n) is 5.87. The number of aliphatic imine (C=N–C) groups is 1. The molecule has 0 N–H and O–H groups in total. The fourth-order valence-corrected chi connectivity index (χ4v) is 4.31. The monoisotopic (exact) mass is 426 g/mol. The van der Waals surface area contributed by atoms with Gasteiger partial charge < -0.3 is 33.3 Å². The van der Waals surface area contributed by atoms with Crippen LogP contribution in [0, 0.1) is 5.92 Å². The highest BCUT2D eigenvalue weighted by atomic mass is 16.7. The number of likely N-dealkylation sites (N-methyl/N-ethyl adjacent to an activating group) is 1. The Morgan fingerprint density at radius 1 is 0.968 bits per heavy atom. The van der Waals surface area contributed by atoms with Crippen molar-refractivity contribution < 1.29 is 33.2 Å². The van der Waals surface area contributed by atoms with E-state index in [1.807, 2.05) is 24.1 Å². The van der Waals surface area contributed by atoms with Crippen molar-refractivity contribution in [2.75, 3.05) is 46.7 Å². The minimum Gasteiger partial charge on any atom is -0.493 e. The van der Waals surface area contributed by atoms with Crippen molar-refractivity contribution in [3.8, 4) is 28.7 Å². The molecule has 5 rings (SSSR count). The zero-order valence-electron chi connectivity index (χ0n) is 17.6. The van der Waals surface area contributed by atoms with Crippen LogP contribution in [0.2, 0.25) is 0 Å². The smallest absolute Gasteiger partial charge is 0.317 e. The van der Waals surface area contributed by atoms with Crippen LogP contribution in [0.5, 0.6) is 28.7 Å². The zero-order chi connectivity index (χ0) is 21.7. The van der Waals surface area contributed by atoms with Gasteiger partial charge in [0.15, 0.2) is 23.0 Å². The lowest BCUT2D eigenvalue weighted by Gasteiger charge is -2.36. The maximum atomic E-state index is 12.7. The quantitative estimate of drug-likeness (QED) is 0.690. The Morgan fingerprint density at radius 2 is 1.65 bits per heavy atom. The van der Waals surface area contributed by atoms with Gasteiger partial charge in [-0.1, -0.05) is 0 Å². The Labute approximate surface area is 179 Å². The van der Waals surface area contributed by atoms with Crippen molar-refractivity contribution in [3.63, 3.8) is 0 Å². The standard InChI is InChI=1S/C22H22N2O7/c1-24-13-8-16-15(30-10-31-16)7-12(13)20(19-14(24)9-29-22(19)25)23-11-5-17(26-2)21(28-4)18(6-11)27-3/h5-8,14,19H,9-10H2,1-4H3. The zero-order valence-corrected chi connectivity index (χ0v) is 17.6. The number of cyclic esters (lactones) is 1. The van der Waals surface area contributed by atoms with Crippen molar-refractivity contribution in [2.45, 2.75) is 6.04 Å². The molecule has 1 saturated heterocycles. The van der Waals surface area contributed by atoms with E-state index in [0.29, 0.717) is 46.8 Å². The first kappa shape index (κ1) is 19.3. The Bertz CT molecular complexity index is 1070. The van der Waals surface area contributed by atoms with Crippen LogP contribution in [-0.4, -0.2) is 59.5 Å². The molecule has 9 heteroatoms. The molecule has 3 aliphatic rings. The van der Waals surface area contributed by atoms with E-state index in [1.165, 1.54) is 0 Å². The van der Waals surface area contributed by atoms with Crippen molar-refractivity contribution >= 4 is 23.1 Å². The van der Waals surface area contributed by atoms with Crippen LogP contribution in [0.3, 0.4) is 0 Å². The fraction of sp³-hybridized carbons (Fsp3) is 0.364. The number of fused-ring (bicyclic) bond motifs is 3. The highest BCUT2D eigenvalue weighted by Crippen LogP contribution is 2.46. The normalized spacial score (nSPS) is 22.1. The van der Waals surface area contributed by atoms with E-state index in [1.54, 1.807) is 33.5 Å². The minimum absolute atomic E-state index is 0.163. The largest absolute Gasteiger partial charge is 0.493 e. The summed E-state index contributed by atoms with van der Waals surface area (Å²) in [7, 11) is 6.58. The van der Waals surface area contributed by atoms with Crippen molar-refractivity contribution in [2.24, 2.45) is 10.9 Å².